The van der Waals surface area contributed by atoms with E-state index in [4.69, 9.17) is 0 Å². The zero-order chi connectivity index (χ0) is 19.5. The predicted octanol–water partition coefficient (Wildman–Crippen LogP) is 5.68. The highest BCUT2D eigenvalue weighted by atomic mass is 32.2. The van der Waals surface area contributed by atoms with Crippen LogP contribution in [0.5, 0.6) is 0 Å². The van der Waals surface area contributed by atoms with Crippen molar-refractivity contribution in [1.29, 1.82) is 0 Å². The highest BCUT2D eigenvalue weighted by Gasteiger charge is 2.10. The van der Waals surface area contributed by atoms with Crippen molar-refractivity contribution in [1.82, 2.24) is 4.90 Å². The molecule has 26 heavy (non-hydrogen) atoms. The normalized spacial score (nSPS) is 12.2. The first-order valence-corrected chi connectivity index (χ1v) is 10.0. The third-order valence-electron chi connectivity index (χ3n) is 2.83. The van der Waals surface area contributed by atoms with E-state index in [1.165, 1.54) is 6.26 Å². The number of aryl methyl sites for hydroxylation is 1. The van der Waals surface area contributed by atoms with Gasteiger partial charge in [0.2, 0.25) is 0 Å². The van der Waals surface area contributed by atoms with Gasteiger partial charge in [-0.25, -0.2) is 8.42 Å². The summed E-state index contributed by atoms with van der Waals surface area (Å²) < 4.78 is 23.2. The van der Waals surface area contributed by atoms with Crippen molar-refractivity contribution in [2.45, 2.75) is 40.0 Å². The van der Waals surface area contributed by atoms with E-state index in [9.17, 15) is 8.42 Å². The van der Waals surface area contributed by atoms with Crippen LogP contribution < -0.4 is 0 Å². The predicted molar refractivity (Wildman–Crippen MR) is 113 cm³/mol. The minimum Gasteiger partial charge on any atom is -0.383 e. The van der Waals surface area contributed by atoms with Gasteiger partial charge < -0.3 is 4.90 Å². The van der Waals surface area contributed by atoms with Crippen LogP contribution >= 0.6 is 0 Å². The monoisotopic (exact) mass is 379 g/mol. The number of benzene rings is 1. The van der Waals surface area contributed by atoms with Crippen molar-refractivity contribution < 1.29 is 8.42 Å². The molecule has 0 aliphatic rings. The lowest BCUT2D eigenvalue weighted by Crippen LogP contribution is -1.99. The van der Waals surface area contributed by atoms with Crippen molar-refractivity contribution in [2.75, 3.05) is 20.4 Å². The van der Waals surface area contributed by atoms with Crippen LogP contribution in [0.3, 0.4) is 0 Å². The number of sulfone groups is 1. The third-order valence-corrected chi connectivity index (χ3v) is 4.08. The van der Waals surface area contributed by atoms with Crippen LogP contribution in [-0.2, 0) is 9.84 Å². The Balaban J connectivity index is 0. The SMILES string of the molecule is C.CC.C\C=C/C(=C\C=C\N(C)C)N=Nc1ccc(S(C)(=O)=O)c(C)c1. The first kappa shape index (κ1) is 26.0. The molecule has 0 N–H and O–H groups in total. The van der Waals surface area contributed by atoms with E-state index in [0.717, 1.165) is 0 Å². The van der Waals surface area contributed by atoms with Gasteiger partial charge in [-0.05, 0) is 62.0 Å². The number of hydrogen-bond donors (Lipinski definition) is 0. The second-order valence-electron chi connectivity index (χ2n) is 5.32. The summed E-state index contributed by atoms with van der Waals surface area (Å²) in [5.41, 5.74) is 1.98. The Hall–Kier alpha value is -2.21. The fourth-order valence-electron chi connectivity index (χ4n) is 1.83. The molecule has 1 aromatic carbocycles. The van der Waals surface area contributed by atoms with E-state index >= 15 is 0 Å². The molecule has 0 spiro atoms. The summed E-state index contributed by atoms with van der Waals surface area (Å²) in [7, 11) is 0.657. The Morgan fingerprint density at radius 2 is 1.81 bits per heavy atom. The Labute approximate surface area is 159 Å². The molecule has 0 fully saturated rings. The molecule has 0 unspecified atom stereocenters. The molecule has 0 aliphatic carbocycles. The first-order chi connectivity index (χ1) is 11.7. The van der Waals surface area contributed by atoms with E-state index in [-0.39, 0.29) is 7.43 Å². The molecule has 0 aromatic heterocycles. The summed E-state index contributed by atoms with van der Waals surface area (Å²) in [4.78, 5) is 2.24. The maximum atomic E-state index is 11.6. The fraction of sp³-hybridized carbons (Fsp3) is 0.400. The molecule has 0 aliphatic heterocycles. The van der Waals surface area contributed by atoms with Crippen LogP contribution in [0.15, 0.2) is 69.5 Å². The maximum absolute atomic E-state index is 11.6. The standard InChI is InChI=1S/C17H23N3O2S.C2H6.CH4/c1-6-8-15(9-7-12-20(3)4)18-19-16-10-11-17(14(2)13-16)23(5,21)22;1-2;/h6-13H,1-5H3;1-2H3;1H4/b8-6-,12-7+,15-9+,19-18?;;. The van der Waals surface area contributed by atoms with Gasteiger partial charge in [0.25, 0.3) is 0 Å². The van der Waals surface area contributed by atoms with Gasteiger partial charge in [0.1, 0.15) is 0 Å². The van der Waals surface area contributed by atoms with Gasteiger partial charge in [0, 0.05) is 20.4 Å². The van der Waals surface area contributed by atoms with Gasteiger partial charge in [-0.2, -0.15) is 10.2 Å². The number of allylic oxidation sites excluding steroid dienone is 4. The van der Waals surface area contributed by atoms with E-state index in [1.54, 1.807) is 25.1 Å². The Kier molecular flexibility index (Phi) is 13.1. The van der Waals surface area contributed by atoms with Gasteiger partial charge in [-0.3, -0.25) is 0 Å². The molecule has 146 valence electrons. The van der Waals surface area contributed by atoms with Gasteiger partial charge in [-0.1, -0.05) is 27.4 Å². The number of hydrogen-bond acceptors (Lipinski definition) is 5. The quantitative estimate of drug-likeness (QED) is 0.472. The van der Waals surface area contributed by atoms with Gasteiger partial charge in [0.05, 0.1) is 16.3 Å². The maximum Gasteiger partial charge on any atom is 0.175 e. The first-order valence-electron chi connectivity index (χ1n) is 8.14. The zero-order valence-electron chi connectivity index (χ0n) is 16.2. The van der Waals surface area contributed by atoms with Crippen LogP contribution in [0.1, 0.15) is 33.8 Å². The van der Waals surface area contributed by atoms with E-state index in [0.29, 0.717) is 21.8 Å². The molecule has 0 radical (unpaired) electrons. The molecule has 1 aromatic rings. The summed E-state index contributed by atoms with van der Waals surface area (Å²) in [6.45, 7) is 7.65. The Morgan fingerprint density at radius 1 is 1.19 bits per heavy atom. The largest absolute Gasteiger partial charge is 0.383 e. The van der Waals surface area contributed by atoms with E-state index in [1.807, 2.05) is 70.3 Å². The number of rotatable bonds is 6. The molecular weight excluding hydrogens is 346 g/mol. The minimum absolute atomic E-state index is 0. The second kappa shape index (κ2) is 13.1. The molecule has 0 saturated carbocycles. The average Bonchev–Trinajstić information content (AvgIpc) is 2.53. The average molecular weight is 380 g/mol. The molecule has 0 heterocycles. The Morgan fingerprint density at radius 3 is 2.27 bits per heavy atom. The smallest absolute Gasteiger partial charge is 0.175 e. The van der Waals surface area contributed by atoms with Gasteiger partial charge in [-0.15, -0.1) is 0 Å². The highest BCUT2D eigenvalue weighted by Crippen LogP contribution is 2.22. The minimum atomic E-state index is -3.22. The van der Waals surface area contributed by atoms with Crippen LogP contribution in [0.25, 0.3) is 0 Å². The van der Waals surface area contributed by atoms with Crippen LogP contribution in [0.4, 0.5) is 5.69 Å². The van der Waals surface area contributed by atoms with Crippen LogP contribution in [0, 0.1) is 6.92 Å². The van der Waals surface area contributed by atoms with E-state index < -0.39 is 9.84 Å². The van der Waals surface area contributed by atoms with Crippen LogP contribution in [0.2, 0.25) is 0 Å². The molecule has 0 atom stereocenters. The summed E-state index contributed by atoms with van der Waals surface area (Å²) in [6, 6.07) is 4.92. The molecule has 0 saturated heterocycles. The third kappa shape index (κ3) is 9.93. The number of nitrogens with zero attached hydrogens (tertiary/aromatic N) is 3. The van der Waals surface area contributed by atoms with Crippen molar-refractivity contribution in [2.24, 2.45) is 10.2 Å². The number of azo groups is 1. The fourth-order valence-corrected chi connectivity index (χ4v) is 2.79. The summed E-state index contributed by atoms with van der Waals surface area (Å²) in [6.07, 6.45) is 10.6. The van der Waals surface area contributed by atoms with Gasteiger partial charge >= 0.3 is 0 Å². The lowest BCUT2D eigenvalue weighted by atomic mass is 10.2. The van der Waals surface area contributed by atoms with Crippen molar-refractivity contribution in [3.63, 3.8) is 0 Å². The lowest BCUT2D eigenvalue weighted by Gasteiger charge is -2.03. The van der Waals surface area contributed by atoms with E-state index in [2.05, 4.69) is 10.2 Å². The highest BCUT2D eigenvalue weighted by molar-refractivity contribution is 7.90. The molecule has 0 bridgehead atoms. The molecule has 6 heteroatoms. The van der Waals surface area contributed by atoms with Crippen molar-refractivity contribution >= 4 is 15.5 Å². The molecule has 0 amide bonds. The Bertz CT molecular complexity index is 759. The second-order valence-corrected chi connectivity index (χ2v) is 7.30. The summed E-state index contributed by atoms with van der Waals surface area (Å²) in [5, 5.41) is 8.36. The molecule has 1 rings (SSSR count). The summed E-state index contributed by atoms with van der Waals surface area (Å²) in [5.74, 6) is 0. The van der Waals surface area contributed by atoms with Crippen LogP contribution in [-0.4, -0.2) is 33.7 Å². The lowest BCUT2D eigenvalue weighted by molar-refractivity contribution is 0.564. The van der Waals surface area contributed by atoms with Crippen molar-refractivity contribution in [3.05, 3.63) is 60.0 Å². The molecule has 5 nitrogen and oxygen atoms in total. The zero-order valence-corrected chi connectivity index (χ0v) is 17.0. The topological polar surface area (TPSA) is 62.1 Å². The molecular formula is C20H33N3O2S. The van der Waals surface area contributed by atoms with Gasteiger partial charge in [0.15, 0.2) is 9.84 Å². The van der Waals surface area contributed by atoms with Crippen molar-refractivity contribution in [3.8, 4) is 0 Å². The summed E-state index contributed by atoms with van der Waals surface area (Å²) >= 11 is 0.